The first-order valence-electron chi connectivity index (χ1n) is 7.37. The van der Waals surface area contributed by atoms with Gasteiger partial charge in [-0.1, -0.05) is 28.1 Å². The van der Waals surface area contributed by atoms with E-state index in [-0.39, 0.29) is 5.78 Å². The van der Waals surface area contributed by atoms with Gasteiger partial charge >= 0.3 is 0 Å². The Labute approximate surface area is 144 Å². The van der Waals surface area contributed by atoms with Crippen molar-refractivity contribution in [3.05, 3.63) is 68.9 Å². The summed E-state index contributed by atoms with van der Waals surface area (Å²) in [7, 11) is 0. The number of benzene rings is 2. The van der Waals surface area contributed by atoms with Crippen molar-refractivity contribution in [1.82, 2.24) is 0 Å². The minimum Gasteiger partial charge on any atom is -0.489 e. The highest BCUT2D eigenvalue weighted by molar-refractivity contribution is 9.10. The quantitative estimate of drug-likeness (QED) is 0.694. The highest BCUT2D eigenvalue weighted by Gasteiger charge is 2.30. The van der Waals surface area contributed by atoms with Crippen molar-refractivity contribution in [2.45, 2.75) is 27.4 Å². The molecule has 0 aromatic heterocycles. The molecule has 0 amide bonds. The van der Waals surface area contributed by atoms with E-state index < -0.39 is 0 Å². The second kappa shape index (κ2) is 6.20. The molecule has 0 radical (unpaired) electrons. The molecule has 0 spiro atoms. The third-order valence-corrected chi connectivity index (χ3v) is 4.22. The minimum absolute atomic E-state index is 0.0445. The zero-order valence-corrected chi connectivity index (χ0v) is 14.9. The van der Waals surface area contributed by atoms with Crippen LogP contribution in [0.5, 0.6) is 11.5 Å². The lowest BCUT2D eigenvalue weighted by Gasteiger charge is -2.09. The SMILES string of the molecule is CC(C)=C1Oc2cc(OCc3ccc(Br)cc3)cc(C)c2C1=O. The smallest absolute Gasteiger partial charge is 0.232 e. The van der Waals surface area contributed by atoms with E-state index >= 15 is 0 Å². The molecule has 3 rings (SSSR count). The Hall–Kier alpha value is -2.07. The molecule has 1 heterocycles. The molecule has 0 atom stereocenters. The van der Waals surface area contributed by atoms with Gasteiger partial charge in [0.15, 0.2) is 5.76 Å². The zero-order chi connectivity index (χ0) is 16.6. The maximum absolute atomic E-state index is 12.4. The Balaban J connectivity index is 1.83. The predicted octanol–water partition coefficient (Wildman–Crippen LogP) is 5.21. The molecule has 2 aromatic carbocycles. The number of rotatable bonds is 3. The number of aryl methyl sites for hydroxylation is 1. The largest absolute Gasteiger partial charge is 0.489 e. The third kappa shape index (κ3) is 3.17. The summed E-state index contributed by atoms with van der Waals surface area (Å²) in [6, 6.07) is 11.6. The van der Waals surface area contributed by atoms with Crippen molar-refractivity contribution in [3.63, 3.8) is 0 Å². The van der Waals surface area contributed by atoms with E-state index in [0.29, 0.717) is 29.4 Å². The average molecular weight is 373 g/mol. The number of carbonyl (C=O) groups is 1. The van der Waals surface area contributed by atoms with Crippen LogP contribution in [-0.4, -0.2) is 5.78 Å². The summed E-state index contributed by atoms with van der Waals surface area (Å²) in [5, 5.41) is 0. The molecule has 0 N–H and O–H groups in total. The van der Waals surface area contributed by atoms with Crippen LogP contribution >= 0.6 is 15.9 Å². The number of hydrogen-bond donors (Lipinski definition) is 0. The van der Waals surface area contributed by atoms with Gasteiger partial charge < -0.3 is 9.47 Å². The van der Waals surface area contributed by atoms with Crippen LogP contribution in [0.2, 0.25) is 0 Å². The highest BCUT2D eigenvalue weighted by Crippen LogP contribution is 2.38. The number of hydrogen-bond acceptors (Lipinski definition) is 3. The van der Waals surface area contributed by atoms with Crippen LogP contribution < -0.4 is 9.47 Å². The van der Waals surface area contributed by atoms with Gasteiger partial charge in [0, 0.05) is 10.5 Å². The summed E-state index contributed by atoms with van der Waals surface area (Å²) in [5.74, 6) is 1.66. The number of halogens is 1. The van der Waals surface area contributed by atoms with E-state index in [1.807, 2.05) is 51.1 Å². The number of carbonyl (C=O) groups excluding carboxylic acids is 1. The van der Waals surface area contributed by atoms with Crippen LogP contribution in [0.4, 0.5) is 0 Å². The van der Waals surface area contributed by atoms with E-state index in [0.717, 1.165) is 21.2 Å². The Morgan fingerprint density at radius 2 is 1.87 bits per heavy atom. The van der Waals surface area contributed by atoms with Gasteiger partial charge in [0.1, 0.15) is 18.1 Å². The normalized spacial score (nSPS) is 12.9. The Morgan fingerprint density at radius 1 is 1.17 bits per heavy atom. The fourth-order valence-electron chi connectivity index (χ4n) is 2.52. The van der Waals surface area contributed by atoms with Gasteiger partial charge in [-0.15, -0.1) is 0 Å². The number of fused-ring (bicyclic) bond motifs is 1. The Kier molecular flexibility index (Phi) is 4.26. The fourth-order valence-corrected chi connectivity index (χ4v) is 2.79. The second-order valence-corrected chi connectivity index (χ2v) is 6.70. The summed E-state index contributed by atoms with van der Waals surface area (Å²) in [4.78, 5) is 12.4. The van der Waals surface area contributed by atoms with Crippen molar-refractivity contribution in [2.24, 2.45) is 0 Å². The molecule has 23 heavy (non-hydrogen) atoms. The van der Waals surface area contributed by atoms with Gasteiger partial charge in [-0.05, 0) is 55.7 Å². The second-order valence-electron chi connectivity index (χ2n) is 5.79. The first-order valence-corrected chi connectivity index (χ1v) is 8.17. The van der Waals surface area contributed by atoms with Gasteiger partial charge in [-0.2, -0.15) is 0 Å². The Bertz CT molecular complexity index is 800. The standard InChI is InChI=1S/C19H17BrO3/c1-11(2)19-18(21)17-12(3)8-15(9-16(17)23-19)22-10-13-4-6-14(20)7-5-13/h4-9H,10H2,1-3H3. The first kappa shape index (κ1) is 15.8. The molecule has 1 aliphatic rings. The lowest BCUT2D eigenvalue weighted by atomic mass is 10.0. The maximum atomic E-state index is 12.4. The minimum atomic E-state index is -0.0445. The lowest BCUT2D eigenvalue weighted by molar-refractivity contribution is 0.101. The monoisotopic (exact) mass is 372 g/mol. The Morgan fingerprint density at radius 3 is 2.52 bits per heavy atom. The summed E-state index contributed by atoms with van der Waals surface area (Å²) >= 11 is 3.41. The summed E-state index contributed by atoms with van der Waals surface area (Å²) in [6.45, 7) is 6.12. The average Bonchev–Trinajstić information content (AvgIpc) is 2.84. The van der Waals surface area contributed by atoms with E-state index in [2.05, 4.69) is 15.9 Å². The number of Topliss-reactive ketones (excluding diaryl/α,β-unsaturated/α-hetero) is 1. The van der Waals surface area contributed by atoms with E-state index in [4.69, 9.17) is 9.47 Å². The molecule has 0 aliphatic carbocycles. The van der Waals surface area contributed by atoms with Crippen molar-refractivity contribution >= 4 is 21.7 Å². The molecule has 0 saturated heterocycles. The van der Waals surface area contributed by atoms with Crippen molar-refractivity contribution in [2.75, 3.05) is 0 Å². The number of ketones is 1. The van der Waals surface area contributed by atoms with Gasteiger partial charge in [0.2, 0.25) is 5.78 Å². The van der Waals surface area contributed by atoms with Crippen molar-refractivity contribution < 1.29 is 14.3 Å². The molecule has 0 unspecified atom stereocenters. The molecule has 2 aromatic rings. The highest BCUT2D eigenvalue weighted by atomic mass is 79.9. The molecule has 118 valence electrons. The van der Waals surface area contributed by atoms with Crippen LogP contribution in [0.3, 0.4) is 0 Å². The van der Waals surface area contributed by atoms with Crippen LogP contribution in [0, 0.1) is 6.92 Å². The van der Waals surface area contributed by atoms with E-state index in [9.17, 15) is 4.79 Å². The molecule has 3 nitrogen and oxygen atoms in total. The van der Waals surface area contributed by atoms with E-state index in [1.54, 1.807) is 6.07 Å². The molecular weight excluding hydrogens is 356 g/mol. The first-order chi connectivity index (χ1) is 11.0. The van der Waals surface area contributed by atoms with Crippen molar-refractivity contribution in [1.29, 1.82) is 0 Å². The fraction of sp³-hybridized carbons (Fsp3) is 0.211. The lowest BCUT2D eigenvalue weighted by Crippen LogP contribution is -2.01. The molecule has 1 aliphatic heterocycles. The molecule has 0 bridgehead atoms. The van der Waals surface area contributed by atoms with Gasteiger partial charge in [0.25, 0.3) is 0 Å². The molecule has 4 heteroatoms. The van der Waals surface area contributed by atoms with E-state index in [1.165, 1.54) is 0 Å². The maximum Gasteiger partial charge on any atom is 0.232 e. The van der Waals surface area contributed by atoms with Crippen LogP contribution in [-0.2, 0) is 6.61 Å². The van der Waals surface area contributed by atoms with Gasteiger partial charge in [-0.25, -0.2) is 0 Å². The molecular formula is C19H17BrO3. The topological polar surface area (TPSA) is 35.5 Å². The number of allylic oxidation sites excluding steroid dienone is 2. The van der Waals surface area contributed by atoms with Crippen molar-refractivity contribution in [3.8, 4) is 11.5 Å². The number of ether oxygens (including phenoxy) is 2. The summed E-state index contributed by atoms with van der Waals surface area (Å²) in [6.07, 6.45) is 0. The molecule has 0 fully saturated rings. The third-order valence-electron chi connectivity index (χ3n) is 3.69. The van der Waals surface area contributed by atoms with Gasteiger partial charge in [0.05, 0.1) is 5.56 Å². The predicted molar refractivity (Wildman–Crippen MR) is 93.0 cm³/mol. The van der Waals surface area contributed by atoms with Crippen LogP contribution in [0.1, 0.15) is 35.3 Å². The summed E-state index contributed by atoms with van der Waals surface area (Å²) < 4.78 is 12.6. The summed E-state index contributed by atoms with van der Waals surface area (Å²) in [5.41, 5.74) is 3.46. The van der Waals surface area contributed by atoms with Crippen LogP contribution in [0.15, 0.2) is 52.2 Å². The molecule has 0 saturated carbocycles. The van der Waals surface area contributed by atoms with Gasteiger partial charge in [-0.3, -0.25) is 4.79 Å². The van der Waals surface area contributed by atoms with Crippen LogP contribution in [0.25, 0.3) is 0 Å². The zero-order valence-electron chi connectivity index (χ0n) is 13.3.